The number of nitrogens with zero attached hydrogens (tertiary/aromatic N) is 27. The van der Waals surface area contributed by atoms with Gasteiger partial charge in [0.2, 0.25) is 5.91 Å². The van der Waals surface area contributed by atoms with Crippen LogP contribution in [0.5, 0.6) is 0 Å². The number of pyridine rings is 11. The van der Waals surface area contributed by atoms with Crippen molar-refractivity contribution >= 4 is 117 Å². The lowest BCUT2D eigenvalue weighted by atomic mass is 10.1. The molecule has 708 valence electrons. The van der Waals surface area contributed by atoms with Crippen molar-refractivity contribution in [3.8, 4) is 96.3 Å². The number of nitrogens with one attached hydrogen (secondary N) is 10. The molecule has 1 aliphatic carbocycles. The van der Waals surface area contributed by atoms with Crippen LogP contribution in [0.25, 0.3) is 185 Å². The number of aryl methyl sites for hydroxylation is 1. The fourth-order valence-corrected chi connectivity index (χ4v) is 19.6. The van der Waals surface area contributed by atoms with Gasteiger partial charge in [-0.1, -0.05) is 19.8 Å². The molecule has 26 rings (SSSR count). The second-order valence-electron chi connectivity index (χ2n) is 36.7. The summed E-state index contributed by atoms with van der Waals surface area (Å²) in [6, 6.07) is 14.2. The van der Waals surface area contributed by atoms with E-state index in [1.165, 1.54) is 95.4 Å². The zero-order valence-corrected chi connectivity index (χ0v) is 77.5. The molecule has 0 unspecified atom stereocenters. The number of alkyl halides is 2. The summed E-state index contributed by atoms with van der Waals surface area (Å²) in [5, 5.41) is 39.9. The summed E-state index contributed by atoms with van der Waals surface area (Å²) in [4.78, 5) is 116. The summed E-state index contributed by atoms with van der Waals surface area (Å²) in [6.45, 7) is 12.5. The van der Waals surface area contributed by atoms with Crippen LogP contribution in [0.2, 0.25) is 0 Å². The van der Waals surface area contributed by atoms with Gasteiger partial charge in [0.15, 0.2) is 45.9 Å². The van der Waals surface area contributed by atoms with Gasteiger partial charge in [-0.05, 0) is 144 Å². The molecule has 0 bridgehead atoms. The van der Waals surface area contributed by atoms with Crippen molar-refractivity contribution < 1.29 is 13.6 Å². The highest BCUT2D eigenvalue weighted by atomic mass is 19.3. The topological polar surface area (TPSA) is 469 Å². The number of aromatic amines is 8. The monoisotopic (exact) mass is 1880 g/mol. The second kappa shape index (κ2) is 38.7. The molecular formula is C101H99F2N37O. The number of hydrogen-bond acceptors (Lipinski definition) is 28. The molecule has 0 aromatic carbocycles. The third-order valence-electron chi connectivity index (χ3n) is 26.9. The predicted molar refractivity (Wildman–Crippen MR) is 535 cm³/mol. The van der Waals surface area contributed by atoms with E-state index in [0.717, 1.165) is 231 Å². The molecule has 21 aromatic rings. The lowest BCUT2D eigenvalue weighted by Gasteiger charge is -2.28. The first kappa shape index (κ1) is 88.3. The van der Waals surface area contributed by atoms with Gasteiger partial charge in [0, 0.05) is 191 Å². The molecule has 1 saturated carbocycles. The third kappa shape index (κ3) is 18.6. The molecule has 0 radical (unpaired) electrons. The number of amides is 1. The van der Waals surface area contributed by atoms with Gasteiger partial charge in [-0.25, -0.2) is 63.6 Å². The summed E-state index contributed by atoms with van der Waals surface area (Å²) in [7, 11) is 0. The van der Waals surface area contributed by atoms with Gasteiger partial charge in [-0.15, -0.1) is 0 Å². The summed E-state index contributed by atoms with van der Waals surface area (Å²) in [5.74, 6) is 0.905. The molecule has 25 heterocycles. The maximum absolute atomic E-state index is 13.6. The Morgan fingerprint density at radius 1 is 0.404 bits per heavy atom. The van der Waals surface area contributed by atoms with Crippen molar-refractivity contribution in [1.29, 1.82) is 0 Å². The van der Waals surface area contributed by atoms with E-state index < -0.39 is 5.92 Å². The molecule has 21 aromatic heterocycles. The van der Waals surface area contributed by atoms with Gasteiger partial charge >= 0.3 is 0 Å². The molecular weight excluding hydrogens is 1790 g/mol. The quantitative estimate of drug-likeness (QED) is 0.0339. The van der Waals surface area contributed by atoms with Gasteiger partial charge < -0.3 is 49.8 Å². The van der Waals surface area contributed by atoms with E-state index in [1.807, 2.05) is 97.6 Å². The van der Waals surface area contributed by atoms with Gasteiger partial charge in [-0.2, -0.15) is 20.4 Å². The lowest BCUT2D eigenvalue weighted by Crippen LogP contribution is -2.29. The third-order valence-corrected chi connectivity index (χ3v) is 26.9. The van der Waals surface area contributed by atoms with Crippen LogP contribution < -0.4 is 25.3 Å². The predicted octanol–water partition coefficient (Wildman–Crippen LogP) is 17.2. The van der Waals surface area contributed by atoms with Crippen LogP contribution in [0.4, 0.5) is 31.5 Å². The van der Waals surface area contributed by atoms with Gasteiger partial charge in [0.1, 0.15) is 51.2 Å². The molecule has 4 saturated heterocycles. The van der Waals surface area contributed by atoms with Crippen LogP contribution in [-0.2, 0) is 17.9 Å². The molecule has 5 aliphatic rings. The Balaban J connectivity index is 0.000000105. The number of piperidine rings is 3. The summed E-state index contributed by atoms with van der Waals surface area (Å²) in [5.41, 5.74) is 27.6. The highest BCUT2D eigenvalue weighted by Gasteiger charge is 2.38. The fraction of sp³-hybridized carbons (Fsp3) is 0.297. The number of imidazole rings is 5. The Bertz CT molecular complexity index is 8100. The average Bonchev–Trinajstić information content (AvgIpc) is 1.62. The first-order valence-corrected chi connectivity index (χ1v) is 48.0. The van der Waals surface area contributed by atoms with Gasteiger partial charge in [0.05, 0.1) is 146 Å². The van der Waals surface area contributed by atoms with E-state index in [0.29, 0.717) is 65.1 Å². The van der Waals surface area contributed by atoms with Crippen molar-refractivity contribution in [2.24, 2.45) is 5.92 Å². The van der Waals surface area contributed by atoms with E-state index in [2.05, 4.69) is 168 Å². The first-order valence-electron chi connectivity index (χ1n) is 48.0. The number of carbonyl (C=O) groups excluding carboxylic acids is 1. The zero-order chi connectivity index (χ0) is 94.9. The number of halogens is 2. The average molecular weight is 1890 g/mol. The molecule has 1 amide bonds. The SMILES string of the molecule is CCC(=O)Nc1cncc(-c2cnc3n[nH]c(-c4nc5c(-n6cnc(C)c6)cncc5[nH]4)c3c2)c1.FC1(F)CCN(Cc2cncc(-c3cnc4n[nH]c(-c5nc6c(N7CCCCC7)cncc6[nH]5)c4c3)c2)C1.c1ncc(-c2cnc3n[nH]c(-c4nc5c(N6CCCCC6)cncc5[nH]4)c3c2)cc1CNCC1CCCC1.c1ncc(-c2cnc3n[nH]c(-c4nc5c(N6CCCCC6)cncc5[nH]4)c3c2)cn1. The highest BCUT2D eigenvalue weighted by molar-refractivity contribution is 6.01. The summed E-state index contributed by atoms with van der Waals surface area (Å²) < 4.78 is 29.2. The molecule has 38 nitrogen and oxygen atoms in total. The largest absolute Gasteiger partial charge is 0.368 e. The van der Waals surface area contributed by atoms with Crippen LogP contribution in [-0.4, -0.2) is 231 Å². The number of aromatic nitrogens is 31. The maximum atomic E-state index is 13.6. The minimum Gasteiger partial charge on any atom is -0.368 e. The molecule has 0 spiro atoms. The Morgan fingerprint density at radius 2 is 0.787 bits per heavy atom. The van der Waals surface area contributed by atoms with Crippen molar-refractivity contribution in [3.63, 3.8) is 0 Å². The van der Waals surface area contributed by atoms with Crippen LogP contribution >= 0.6 is 0 Å². The molecule has 5 fully saturated rings. The van der Waals surface area contributed by atoms with Crippen LogP contribution in [0.3, 0.4) is 0 Å². The molecule has 10 N–H and O–H groups in total. The number of H-pyrrole nitrogens is 8. The normalized spacial score (nSPS) is 15.3. The van der Waals surface area contributed by atoms with Crippen LogP contribution in [0.15, 0.2) is 185 Å². The van der Waals surface area contributed by atoms with E-state index in [1.54, 1.807) is 92.5 Å². The van der Waals surface area contributed by atoms with E-state index in [9.17, 15) is 13.6 Å². The Kier molecular flexibility index (Phi) is 24.3. The Labute approximate surface area is 803 Å². The molecule has 4 aliphatic heterocycles. The molecule has 141 heavy (non-hydrogen) atoms. The van der Waals surface area contributed by atoms with Crippen LogP contribution in [0, 0.1) is 12.8 Å². The van der Waals surface area contributed by atoms with E-state index >= 15 is 0 Å². The Hall–Kier alpha value is -16.7. The Morgan fingerprint density at radius 3 is 1.21 bits per heavy atom. The van der Waals surface area contributed by atoms with Crippen molar-refractivity contribution in [3.05, 3.63) is 202 Å². The molecule has 0 atom stereocenters. The molecule has 40 heteroatoms. The van der Waals surface area contributed by atoms with Crippen molar-refractivity contribution in [2.45, 2.75) is 129 Å². The summed E-state index contributed by atoms with van der Waals surface area (Å²) in [6.07, 6.45) is 58.0. The van der Waals surface area contributed by atoms with E-state index in [-0.39, 0.29) is 18.9 Å². The number of fused-ring (bicyclic) bond motifs is 8. The van der Waals surface area contributed by atoms with Crippen LogP contribution in [0.1, 0.15) is 120 Å². The highest BCUT2D eigenvalue weighted by Crippen LogP contribution is 2.40. The maximum Gasteiger partial charge on any atom is 0.261 e. The zero-order valence-electron chi connectivity index (χ0n) is 77.5. The number of rotatable bonds is 20. The minimum absolute atomic E-state index is 0.0701. The van der Waals surface area contributed by atoms with Crippen molar-refractivity contribution in [1.82, 2.24) is 165 Å². The minimum atomic E-state index is -2.61. The summed E-state index contributed by atoms with van der Waals surface area (Å²) >= 11 is 0. The van der Waals surface area contributed by atoms with Gasteiger partial charge in [-0.3, -0.25) is 65.0 Å². The van der Waals surface area contributed by atoms with Gasteiger partial charge in [0.25, 0.3) is 5.92 Å². The fourth-order valence-electron chi connectivity index (χ4n) is 19.6. The standard InChI is InChI=1S/C29H33N9.C27H27F2N9.C24H20N10O.C21H19N9/c1-4-8-38(9-5-1)25-18-32-17-24-27(25)35-29(34-24)26-23-11-22(16-33-28(23)37-36-26)21-10-20(14-31-15-21)13-30-12-19-6-2-3-7-19;28-27(29)4-7-37(16-27)15-17-8-18(11-30-10-17)19-9-20-23(35-36-25(20)32-12-19)26-33-21-13-31-14-22(24(21)34-26)38-5-2-1-3-6-38;1-3-20(35)29-16-4-14(6-25-8-16)15-5-17-21(32-33-23(17)27-7-15)24-30-18-9-26-10-19(22(18)31-24)34-11-13(2)28-12-34;1-2-4-30(5-3-1)17-11-22-10-16-19(17)27-21(26-16)18-15-6-13(9-25-20(15)29-28-18)14-7-23-12-24-8-14/h10-11,14-19,30H,1-9,12-13H2,(H,34,35)(H,33,36,37);8-14H,1-7,15-16H2,(H,33,34)(H,32,35,36);4-12H,3H2,1-2H3,(H,29,35)(H,30,31)(H,27,32,33);6-12H,1-5H2,(H,26,27)(H,25,28,29). The first-order chi connectivity index (χ1) is 69.3. The second-order valence-corrected chi connectivity index (χ2v) is 36.7. The smallest absolute Gasteiger partial charge is 0.261 e. The van der Waals surface area contributed by atoms with Crippen molar-refractivity contribution in [2.75, 3.05) is 78.9 Å². The number of anilines is 4. The number of carbonyl (C=O) groups is 1. The number of likely N-dealkylation sites (tertiary alicyclic amines) is 1. The lowest BCUT2D eigenvalue weighted by molar-refractivity contribution is -0.115. The van der Waals surface area contributed by atoms with E-state index in [4.69, 9.17) is 19.9 Å². The number of hydrogen-bond donors (Lipinski definition) is 10.